The van der Waals surface area contributed by atoms with Crippen molar-refractivity contribution in [1.82, 2.24) is 15.0 Å². The quantitative estimate of drug-likeness (QED) is 0.514. The number of ether oxygens (including phenoxy) is 3. The van der Waals surface area contributed by atoms with Crippen molar-refractivity contribution in [2.24, 2.45) is 0 Å². The van der Waals surface area contributed by atoms with E-state index in [2.05, 4.69) is 20.3 Å². The Morgan fingerprint density at radius 3 is 2.50 bits per heavy atom. The van der Waals surface area contributed by atoms with E-state index in [4.69, 9.17) is 19.9 Å². The fourth-order valence-electron chi connectivity index (χ4n) is 2.71. The average Bonchev–Trinajstić information content (AvgIpc) is 2.76. The summed E-state index contributed by atoms with van der Waals surface area (Å²) in [7, 11) is 3.14. The van der Waals surface area contributed by atoms with Crippen molar-refractivity contribution in [2.75, 3.05) is 25.3 Å². The molecule has 0 amide bonds. The fraction of sp³-hybridized carbons (Fsp3) is 0.238. The molecule has 1 aromatic heterocycles. The van der Waals surface area contributed by atoms with Crippen LogP contribution in [0.4, 0.5) is 17.6 Å². The van der Waals surface area contributed by atoms with E-state index in [-0.39, 0.29) is 36.7 Å². The Bertz CT molecular complexity index is 998. The number of nitrogens with one attached hydrogen (secondary N) is 1. The number of nitrogens with zero attached hydrogens (tertiary/aromatic N) is 3. The second-order valence-corrected chi connectivity index (χ2v) is 6.27. The van der Waals surface area contributed by atoms with E-state index in [0.717, 1.165) is 11.3 Å². The molecule has 9 heteroatoms. The zero-order valence-corrected chi connectivity index (χ0v) is 16.8. The summed E-state index contributed by atoms with van der Waals surface area (Å²) in [5, 5.41) is 3.03. The Hall–Kier alpha value is -3.88. The number of nitrogen functional groups attached to an aromatic ring is 1. The van der Waals surface area contributed by atoms with E-state index in [1.165, 1.54) is 0 Å². The molecule has 0 atom stereocenters. The maximum absolute atomic E-state index is 12.1. The van der Waals surface area contributed by atoms with Crippen LogP contribution in [0.15, 0.2) is 48.5 Å². The van der Waals surface area contributed by atoms with Gasteiger partial charge in [0.1, 0.15) is 0 Å². The molecular weight excluding hydrogens is 386 g/mol. The molecule has 9 nitrogen and oxygen atoms in total. The van der Waals surface area contributed by atoms with Gasteiger partial charge in [0.2, 0.25) is 11.9 Å². The van der Waals surface area contributed by atoms with Crippen LogP contribution in [-0.2, 0) is 22.6 Å². The van der Waals surface area contributed by atoms with Crippen LogP contribution in [-0.4, -0.2) is 35.1 Å². The number of nitrogens with two attached hydrogens (primary N) is 1. The summed E-state index contributed by atoms with van der Waals surface area (Å²) in [5.74, 6) is 1.46. The number of anilines is 3. The molecule has 0 saturated heterocycles. The van der Waals surface area contributed by atoms with E-state index in [1.807, 2.05) is 42.5 Å². The van der Waals surface area contributed by atoms with Gasteiger partial charge in [0.25, 0.3) is 0 Å². The molecule has 3 rings (SSSR count). The van der Waals surface area contributed by atoms with E-state index in [0.29, 0.717) is 17.9 Å². The Morgan fingerprint density at radius 2 is 1.77 bits per heavy atom. The molecule has 0 aliphatic carbocycles. The van der Waals surface area contributed by atoms with Gasteiger partial charge >= 0.3 is 5.97 Å². The first-order valence-electron chi connectivity index (χ1n) is 9.26. The summed E-state index contributed by atoms with van der Waals surface area (Å²) in [5.41, 5.74) is 7.48. The van der Waals surface area contributed by atoms with E-state index >= 15 is 0 Å². The summed E-state index contributed by atoms with van der Waals surface area (Å²) in [6, 6.07) is 14.9. The first kappa shape index (κ1) is 20.8. The largest absolute Gasteiger partial charge is 0.493 e. The summed E-state index contributed by atoms with van der Waals surface area (Å²) >= 11 is 0. The van der Waals surface area contributed by atoms with Gasteiger partial charge in [-0.1, -0.05) is 24.3 Å². The third-order valence-electron chi connectivity index (χ3n) is 4.16. The molecular formula is C21H23N5O4. The van der Waals surface area contributed by atoms with Crippen LogP contribution >= 0.6 is 0 Å². The molecule has 2 aromatic carbocycles. The Kier molecular flexibility index (Phi) is 6.99. The van der Waals surface area contributed by atoms with Crippen molar-refractivity contribution in [2.45, 2.75) is 19.4 Å². The zero-order chi connectivity index (χ0) is 21.3. The number of aryl methyl sites for hydroxylation is 1. The lowest BCUT2D eigenvalue weighted by atomic mass is 10.1. The monoisotopic (exact) mass is 409 g/mol. The van der Waals surface area contributed by atoms with Gasteiger partial charge in [0, 0.05) is 12.1 Å². The van der Waals surface area contributed by atoms with Gasteiger partial charge in [-0.2, -0.15) is 15.0 Å². The van der Waals surface area contributed by atoms with E-state index in [9.17, 15) is 4.79 Å². The van der Waals surface area contributed by atoms with Crippen molar-refractivity contribution in [3.05, 3.63) is 59.9 Å². The molecule has 3 N–H and O–H groups in total. The SMILES string of the molecule is COc1ccc(CCC(=O)OCc2nc(N)nc(Nc3ccccc3)n2)cc1OC. The number of rotatable bonds is 9. The number of carbonyl (C=O) groups is 1. The van der Waals surface area contributed by atoms with Crippen LogP contribution < -0.4 is 20.5 Å². The van der Waals surface area contributed by atoms with Crippen molar-refractivity contribution in [3.8, 4) is 11.5 Å². The van der Waals surface area contributed by atoms with Crippen LogP contribution in [0, 0.1) is 0 Å². The second kappa shape index (κ2) is 10.1. The van der Waals surface area contributed by atoms with E-state index < -0.39 is 0 Å². The number of para-hydroxylation sites is 1. The van der Waals surface area contributed by atoms with Crippen LogP contribution in [0.25, 0.3) is 0 Å². The van der Waals surface area contributed by atoms with Gasteiger partial charge in [-0.15, -0.1) is 0 Å². The highest BCUT2D eigenvalue weighted by Crippen LogP contribution is 2.28. The van der Waals surface area contributed by atoms with Crippen LogP contribution in [0.1, 0.15) is 17.8 Å². The minimum atomic E-state index is -0.374. The number of methoxy groups -OCH3 is 2. The average molecular weight is 409 g/mol. The maximum atomic E-state index is 12.1. The fourth-order valence-corrected chi connectivity index (χ4v) is 2.71. The standard InChI is InChI=1S/C21H23N5O4/c1-28-16-10-8-14(12-17(16)29-2)9-11-19(27)30-13-18-24-20(22)26-21(25-18)23-15-6-4-3-5-7-15/h3-8,10,12H,9,11,13H2,1-2H3,(H3,22,23,24,25,26). The van der Waals surface area contributed by atoms with E-state index in [1.54, 1.807) is 20.3 Å². The summed E-state index contributed by atoms with van der Waals surface area (Å²) in [4.78, 5) is 24.4. The Morgan fingerprint density at radius 1 is 1.00 bits per heavy atom. The molecule has 0 bridgehead atoms. The van der Waals surface area contributed by atoms with Gasteiger partial charge in [0.05, 0.1) is 14.2 Å². The molecule has 30 heavy (non-hydrogen) atoms. The third-order valence-corrected chi connectivity index (χ3v) is 4.16. The normalized spacial score (nSPS) is 10.3. The number of esters is 1. The molecule has 0 radical (unpaired) electrons. The lowest BCUT2D eigenvalue weighted by Crippen LogP contribution is -2.11. The van der Waals surface area contributed by atoms with Crippen LogP contribution in [0.2, 0.25) is 0 Å². The van der Waals surface area contributed by atoms with Gasteiger partial charge in [-0.3, -0.25) is 4.79 Å². The van der Waals surface area contributed by atoms with Crippen molar-refractivity contribution in [3.63, 3.8) is 0 Å². The molecule has 0 saturated carbocycles. The number of benzene rings is 2. The van der Waals surface area contributed by atoms with Crippen molar-refractivity contribution >= 4 is 23.6 Å². The predicted octanol–water partition coefficient (Wildman–Crippen LogP) is 2.89. The molecule has 0 aliphatic heterocycles. The molecule has 0 spiro atoms. The summed E-state index contributed by atoms with van der Waals surface area (Å²) in [6.07, 6.45) is 0.699. The molecule has 0 aliphatic rings. The van der Waals surface area contributed by atoms with Gasteiger partial charge < -0.3 is 25.3 Å². The molecule has 156 valence electrons. The first-order valence-corrected chi connectivity index (χ1v) is 9.26. The second-order valence-electron chi connectivity index (χ2n) is 6.27. The number of hydrogen-bond donors (Lipinski definition) is 2. The molecule has 0 fully saturated rings. The first-order chi connectivity index (χ1) is 14.6. The molecule has 1 heterocycles. The summed E-state index contributed by atoms with van der Waals surface area (Å²) < 4.78 is 15.8. The molecule has 0 unspecified atom stereocenters. The number of aromatic nitrogens is 3. The van der Waals surface area contributed by atoms with Crippen LogP contribution in [0.5, 0.6) is 11.5 Å². The predicted molar refractivity (Wildman–Crippen MR) is 112 cm³/mol. The lowest BCUT2D eigenvalue weighted by Gasteiger charge is -2.10. The highest BCUT2D eigenvalue weighted by Gasteiger charge is 2.10. The Balaban J connectivity index is 1.54. The Labute approximate surface area is 174 Å². The zero-order valence-electron chi connectivity index (χ0n) is 16.8. The minimum absolute atomic E-state index is 0.0415. The van der Waals surface area contributed by atoms with Gasteiger partial charge in [-0.05, 0) is 36.2 Å². The minimum Gasteiger partial charge on any atom is -0.493 e. The van der Waals surface area contributed by atoms with Gasteiger partial charge in [0.15, 0.2) is 23.9 Å². The third kappa shape index (κ3) is 5.81. The van der Waals surface area contributed by atoms with Crippen molar-refractivity contribution < 1.29 is 19.0 Å². The smallest absolute Gasteiger partial charge is 0.306 e. The molecule has 3 aromatic rings. The number of hydrogen-bond acceptors (Lipinski definition) is 9. The maximum Gasteiger partial charge on any atom is 0.306 e. The lowest BCUT2D eigenvalue weighted by molar-refractivity contribution is -0.145. The summed E-state index contributed by atoms with van der Waals surface area (Å²) in [6.45, 7) is -0.0963. The van der Waals surface area contributed by atoms with Crippen molar-refractivity contribution in [1.29, 1.82) is 0 Å². The van der Waals surface area contributed by atoms with Crippen LogP contribution in [0.3, 0.4) is 0 Å². The van der Waals surface area contributed by atoms with Gasteiger partial charge in [-0.25, -0.2) is 0 Å². The highest BCUT2D eigenvalue weighted by molar-refractivity contribution is 5.69. The topological polar surface area (TPSA) is 121 Å². The number of carbonyl (C=O) groups excluding carboxylic acids is 1. The highest BCUT2D eigenvalue weighted by atomic mass is 16.5.